The maximum Gasteiger partial charge on any atom is 0.252 e. The molecule has 1 heterocycles. The molecule has 0 aliphatic heterocycles. The molecule has 0 atom stereocenters. The standard InChI is InChI=1S/C22H25N3O2S/c1-17-15-19(27-24-17)16-28-21-12-7-6-11-20(21)22(26)23-13-8-14-25(2)18-9-4-3-5-10-18/h3-7,9-12,15H,8,13-14,16H2,1-2H3,(H,23,26). The Kier molecular flexibility index (Phi) is 7.14. The molecule has 0 aliphatic carbocycles. The second-order valence-corrected chi connectivity index (χ2v) is 7.60. The van der Waals surface area contributed by atoms with Gasteiger partial charge in [0.15, 0.2) is 0 Å². The van der Waals surface area contributed by atoms with E-state index in [1.165, 1.54) is 5.69 Å². The number of amides is 1. The van der Waals surface area contributed by atoms with Crippen LogP contribution in [0.25, 0.3) is 0 Å². The first-order valence-electron chi connectivity index (χ1n) is 9.32. The average Bonchev–Trinajstić information content (AvgIpc) is 3.15. The van der Waals surface area contributed by atoms with Gasteiger partial charge < -0.3 is 14.7 Å². The number of rotatable bonds is 9. The van der Waals surface area contributed by atoms with Gasteiger partial charge in [-0.05, 0) is 37.6 Å². The molecule has 0 saturated heterocycles. The van der Waals surface area contributed by atoms with Crippen LogP contribution in [0.4, 0.5) is 5.69 Å². The fourth-order valence-corrected chi connectivity index (χ4v) is 3.76. The van der Waals surface area contributed by atoms with Gasteiger partial charge in [0.2, 0.25) is 0 Å². The van der Waals surface area contributed by atoms with Gasteiger partial charge in [-0.3, -0.25) is 4.79 Å². The molecule has 3 aromatic rings. The van der Waals surface area contributed by atoms with Crippen LogP contribution in [0.1, 0.15) is 28.2 Å². The van der Waals surface area contributed by atoms with Crippen LogP contribution in [0.2, 0.25) is 0 Å². The second kappa shape index (κ2) is 9.99. The number of aryl methyl sites for hydroxylation is 1. The fraction of sp³-hybridized carbons (Fsp3) is 0.273. The summed E-state index contributed by atoms with van der Waals surface area (Å²) in [5.74, 6) is 1.41. The fourth-order valence-electron chi connectivity index (χ4n) is 2.84. The number of thioether (sulfide) groups is 1. The highest BCUT2D eigenvalue weighted by molar-refractivity contribution is 7.98. The largest absolute Gasteiger partial charge is 0.375 e. The lowest BCUT2D eigenvalue weighted by atomic mass is 10.2. The maximum absolute atomic E-state index is 12.6. The molecule has 0 unspecified atom stereocenters. The van der Waals surface area contributed by atoms with Crippen LogP contribution in [0.3, 0.4) is 0 Å². The molecule has 0 bridgehead atoms. The van der Waals surface area contributed by atoms with E-state index in [0.29, 0.717) is 17.9 Å². The Bertz CT molecular complexity index is 896. The van der Waals surface area contributed by atoms with Crippen molar-refractivity contribution in [2.45, 2.75) is 24.0 Å². The van der Waals surface area contributed by atoms with E-state index in [-0.39, 0.29) is 5.91 Å². The van der Waals surface area contributed by atoms with E-state index in [1.807, 2.05) is 55.5 Å². The van der Waals surface area contributed by atoms with Crippen molar-refractivity contribution < 1.29 is 9.32 Å². The molecule has 146 valence electrons. The molecule has 0 fully saturated rings. The van der Waals surface area contributed by atoms with Gasteiger partial charge in [0, 0.05) is 36.8 Å². The first-order chi connectivity index (χ1) is 13.6. The normalized spacial score (nSPS) is 10.6. The highest BCUT2D eigenvalue weighted by Gasteiger charge is 2.12. The topological polar surface area (TPSA) is 58.4 Å². The van der Waals surface area contributed by atoms with Gasteiger partial charge >= 0.3 is 0 Å². The number of anilines is 1. The number of hydrogen-bond acceptors (Lipinski definition) is 5. The summed E-state index contributed by atoms with van der Waals surface area (Å²) in [6.07, 6.45) is 0.879. The molecule has 1 N–H and O–H groups in total. The minimum Gasteiger partial charge on any atom is -0.375 e. The van der Waals surface area contributed by atoms with E-state index in [1.54, 1.807) is 11.8 Å². The molecule has 1 aromatic heterocycles. The van der Waals surface area contributed by atoms with Gasteiger partial charge in [0.25, 0.3) is 5.91 Å². The Morgan fingerprint density at radius 3 is 2.64 bits per heavy atom. The van der Waals surface area contributed by atoms with E-state index < -0.39 is 0 Å². The van der Waals surface area contributed by atoms with Crippen molar-refractivity contribution in [1.82, 2.24) is 10.5 Å². The predicted octanol–water partition coefficient (Wildman–Crippen LogP) is 4.53. The molecule has 0 spiro atoms. The minimum absolute atomic E-state index is 0.0424. The smallest absolute Gasteiger partial charge is 0.252 e. The van der Waals surface area contributed by atoms with Crippen LogP contribution in [-0.2, 0) is 5.75 Å². The average molecular weight is 396 g/mol. The molecule has 0 saturated carbocycles. The highest BCUT2D eigenvalue weighted by Crippen LogP contribution is 2.26. The van der Waals surface area contributed by atoms with E-state index in [0.717, 1.165) is 29.3 Å². The Morgan fingerprint density at radius 1 is 1.14 bits per heavy atom. The predicted molar refractivity (Wildman–Crippen MR) is 114 cm³/mol. The van der Waals surface area contributed by atoms with Gasteiger partial charge in [0.1, 0.15) is 5.76 Å². The molecular formula is C22H25N3O2S. The summed E-state index contributed by atoms with van der Waals surface area (Å²) < 4.78 is 5.25. The van der Waals surface area contributed by atoms with Crippen molar-refractivity contribution in [3.05, 3.63) is 77.7 Å². The Hall–Kier alpha value is -2.73. The van der Waals surface area contributed by atoms with E-state index >= 15 is 0 Å². The van der Waals surface area contributed by atoms with Crippen molar-refractivity contribution in [2.24, 2.45) is 0 Å². The molecular weight excluding hydrogens is 370 g/mol. The summed E-state index contributed by atoms with van der Waals surface area (Å²) in [7, 11) is 2.06. The Labute approximate surface area is 170 Å². The monoisotopic (exact) mass is 395 g/mol. The van der Waals surface area contributed by atoms with Crippen LogP contribution in [0.5, 0.6) is 0 Å². The van der Waals surface area contributed by atoms with Crippen molar-refractivity contribution in [1.29, 1.82) is 0 Å². The summed E-state index contributed by atoms with van der Waals surface area (Å²) >= 11 is 1.58. The number of nitrogens with zero attached hydrogens (tertiary/aromatic N) is 2. The molecule has 6 heteroatoms. The number of aromatic nitrogens is 1. The van der Waals surface area contributed by atoms with Crippen molar-refractivity contribution >= 4 is 23.4 Å². The zero-order chi connectivity index (χ0) is 19.8. The van der Waals surface area contributed by atoms with Crippen LogP contribution >= 0.6 is 11.8 Å². The Morgan fingerprint density at radius 2 is 1.89 bits per heavy atom. The van der Waals surface area contributed by atoms with Crippen LogP contribution < -0.4 is 10.2 Å². The molecule has 5 nitrogen and oxygen atoms in total. The van der Waals surface area contributed by atoms with Crippen molar-refractivity contribution in [3.63, 3.8) is 0 Å². The van der Waals surface area contributed by atoms with E-state index in [9.17, 15) is 4.79 Å². The zero-order valence-corrected chi connectivity index (χ0v) is 17.0. The third kappa shape index (κ3) is 5.63. The number of carbonyl (C=O) groups excluding carboxylic acids is 1. The third-order valence-corrected chi connectivity index (χ3v) is 5.43. The summed E-state index contributed by atoms with van der Waals surface area (Å²) in [6.45, 7) is 3.41. The first kappa shape index (κ1) is 20.0. The van der Waals surface area contributed by atoms with Crippen LogP contribution in [0, 0.1) is 6.92 Å². The van der Waals surface area contributed by atoms with Crippen LogP contribution in [-0.4, -0.2) is 31.2 Å². The SMILES string of the molecule is Cc1cc(CSc2ccccc2C(=O)NCCCN(C)c2ccccc2)on1. The Balaban J connectivity index is 1.49. The number of nitrogens with one attached hydrogen (secondary N) is 1. The van der Waals surface area contributed by atoms with Crippen molar-refractivity contribution in [3.8, 4) is 0 Å². The van der Waals surface area contributed by atoms with Crippen LogP contribution in [0.15, 0.2) is 70.1 Å². The zero-order valence-electron chi connectivity index (χ0n) is 16.2. The number of benzene rings is 2. The lowest BCUT2D eigenvalue weighted by Gasteiger charge is -2.19. The summed E-state index contributed by atoms with van der Waals surface area (Å²) in [5, 5.41) is 6.93. The highest BCUT2D eigenvalue weighted by atomic mass is 32.2. The lowest BCUT2D eigenvalue weighted by molar-refractivity contribution is 0.0950. The van der Waals surface area contributed by atoms with E-state index in [2.05, 4.69) is 34.6 Å². The number of hydrogen-bond donors (Lipinski definition) is 1. The molecule has 1 amide bonds. The van der Waals surface area contributed by atoms with E-state index in [4.69, 9.17) is 4.52 Å². The lowest BCUT2D eigenvalue weighted by Crippen LogP contribution is -2.28. The van der Waals surface area contributed by atoms with Gasteiger partial charge in [-0.2, -0.15) is 0 Å². The molecule has 3 rings (SSSR count). The summed E-state index contributed by atoms with van der Waals surface area (Å²) in [5.41, 5.74) is 2.74. The molecule has 28 heavy (non-hydrogen) atoms. The van der Waals surface area contributed by atoms with Crippen molar-refractivity contribution in [2.75, 3.05) is 25.0 Å². The summed E-state index contributed by atoms with van der Waals surface area (Å²) in [4.78, 5) is 15.8. The molecule has 2 aromatic carbocycles. The number of carbonyl (C=O) groups is 1. The maximum atomic E-state index is 12.6. The minimum atomic E-state index is -0.0424. The van der Waals surface area contributed by atoms with Gasteiger partial charge in [-0.1, -0.05) is 35.5 Å². The van der Waals surface area contributed by atoms with Gasteiger partial charge in [-0.15, -0.1) is 11.8 Å². The second-order valence-electron chi connectivity index (χ2n) is 6.59. The quantitative estimate of drug-likeness (QED) is 0.426. The van der Waals surface area contributed by atoms with Gasteiger partial charge in [-0.25, -0.2) is 0 Å². The summed E-state index contributed by atoms with van der Waals surface area (Å²) in [6, 6.07) is 19.8. The van der Waals surface area contributed by atoms with Gasteiger partial charge in [0.05, 0.1) is 17.0 Å². The first-order valence-corrected chi connectivity index (χ1v) is 10.3. The third-order valence-electron chi connectivity index (χ3n) is 4.33. The number of para-hydroxylation sites is 1. The molecule has 0 aliphatic rings. The molecule has 0 radical (unpaired) electrons.